The van der Waals surface area contributed by atoms with Gasteiger partial charge in [0, 0.05) is 4.47 Å². The first-order chi connectivity index (χ1) is 16.3. The maximum Gasteiger partial charge on any atom is 0.146 e. The lowest BCUT2D eigenvalue weighted by molar-refractivity contribution is 0.476. The van der Waals surface area contributed by atoms with E-state index in [2.05, 4.69) is 35.9 Å². The molecule has 0 saturated heterocycles. The van der Waals surface area contributed by atoms with Crippen LogP contribution in [0.4, 0.5) is 0 Å². The summed E-state index contributed by atoms with van der Waals surface area (Å²) in [5.74, 6) is 0.337. The van der Waals surface area contributed by atoms with Gasteiger partial charge in [0.15, 0.2) is 0 Å². The van der Waals surface area contributed by atoms with Crippen molar-refractivity contribution in [1.82, 2.24) is 19.9 Å². The highest BCUT2D eigenvalue weighted by molar-refractivity contribution is 9.10. The molecule has 0 amide bonds. The van der Waals surface area contributed by atoms with Crippen LogP contribution in [0.25, 0.3) is 44.1 Å². The Morgan fingerprint density at radius 2 is 1.00 bits per heavy atom. The molecule has 6 aromatic rings. The molecule has 0 spiro atoms. The van der Waals surface area contributed by atoms with Crippen LogP contribution in [-0.2, 0) is 0 Å². The molecule has 0 bridgehead atoms. The third kappa shape index (κ3) is 3.87. The fraction of sp³-hybridized carbons (Fsp3) is 0.0769. The molecule has 0 saturated carbocycles. The minimum atomic E-state index is 0.141. The Morgan fingerprint density at radius 3 is 1.50 bits per heavy atom. The van der Waals surface area contributed by atoms with Crippen LogP contribution in [0, 0.1) is 13.8 Å². The molecular formula is C26H18BrClN4O2. The average Bonchev–Trinajstić information content (AvgIpc) is 2.85. The first-order valence-electron chi connectivity index (χ1n) is 10.4. The summed E-state index contributed by atoms with van der Waals surface area (Å²) in [4.78, 5) is 17.8. The van der Waals surface area contributed by atoms with E-state index in [-0.39, 0.29) is 11.5 Å². The molecule has 0 radical (unpaired) electrons. The van der Waals surface area contributed by atoms with Crippen LogP contribution in [0.1, 0.15) is 11.1 Å². The molecule has 0 fully saturated rings. The van der Waals surface area contributed by atoms with Gasteiger partial charge >= 0.3 is 0 Å². The van der Waals surface area contributed by atoms with Gasteiger partial charge in [0.25, 0.3) is 0 Å². The van der Waals surface area contributed by atoms with Crippen molar-refractivity contribution in [3.63, 3.8) is 0 Å². The second-order valence-electron chi connectivity index (χ2n) is 7.87. The van der Waals surface area contributed by atoms with Crippen molar-refractivity contribution in [3.05, 3.63) is 81.3 Å². The smallest absolute Gasteiger partial charge is 0.146 e. The Kier molecular flexibility index (Phi) is 5.67. The number of phenols is 2. The third-order valence-corrected chi connectivity index (χ3v) is 6.37. The second kappa shape index (κ2) is 8.66. The van der Waals surface area contributed by atoms with Crippen LogP contribution < -0.4 is 0 Å². The van der Waals surface area contributed by atoms with E-state index >= 15 is 0 Å². The monoisotopic (exact) mass is 532 g/mol. The number of hydrogen-bond donors (Lipinski definition) is 2. The lowest BCUT2D eigenvalue weighted by Gasteiger charge is -2.06. The van der Waals surface area contributed by atoms with E-state index in [1.54, 1.807) is 13.0 Å². The summed E-state index contributed by atoms with van der Waals surface area (Å²) < 4.78 is 0.848. The van der Waals surface area contributed by atoms with E-state index in [1.165, 1.54) is 0 Å². The molecule has 2 aromatic heterocycles. The minimum Gasteiger partial charge on any atom is -0.505 e. The van der Waals surface area contributed by atoms with E-state index in [1.807, 2.05) is 61.5 Å². The molecule has 2 heterocycles. The van der Waals surface area contributed by atoms with Gasteiger partial charge in [0.2, 0.25) is 0 Å². The summed E-state index contributed by atoms with van der Waals surface area (Å²) in [6, 6.07) is 18.7. The molecule has 0 unspecified atom stereocenters. The van der Waals surface area contributed by atoms with Crippen LogP contribution in [0.3, 0.4) is 0 Å². The molecule has 168 valence electrons. The highest BCUT2D eigenvalue weighted by atomic mass is 79.9. The highest BCUT2D eigenvalue weighted by Gasteiger charge is 2.12. The van der Waals surface area contributed by atoms with Gasteiger partial charge in [0.05, 0.1) is 27.1 Å². The van der Waals surface area contributed by atoms with Gasteiger partial charge in [-0.3, -0.25) is 0 Å². The SMILES string of the molecule is Cc1cc(Br)c2nc3ccccc3nc2c1O.Cc1cc(Cl)c2nc3ccccc3nc2c1O. The molecule has 0 atom stereocenters. The van der Waals surface area contributed by atoms with E-state index in [9.17, 15) is 10.2 Å². The number of nitrogens with zero attached hydrogens (tertiary/aromatic N) is 4. The molecule has 6 rings (SSSR count). The molecule has 6 nitrogen and oxygen atoms in total. The zero-order chi connectivity index (χ0) is 24.0. The van der Waals surface area contributed by atoms with Gasteiger partial charge in [-0.25, -0.2) is 19.9 Å². The molecule has 0 aliphatic rings. The van der Waals surface area contributed by atoms with Crippen LogP contribution in [0.5, 0.6) is 11.5 Å². The number of aromatic nitrogens is 4. The van der Waals surface area contributed by atoms with Gasteiger partial charge in [-0.05, 0) is 77.3 Å². The Balaban J connectivity index is 0.000000142. The molecule has 0 aliphatic carbocycles. The number of rotatable bonds is 0. The first-order valence-corrected chi connectivity index (χ1v) is 11.6. The predicted molar refractivity (Wildman–Crippen MR) is 140 cm³/mol. The van der Waals surface area contributed by atoms with E-state index < -0.39 is 0 Å². The second-order valence-corrected chi connectivity index (χ2v) is 9.13. The van der Waals surface area contributed by atoms with Crippen molar-refractivity contribution in [1.29, 1.82) is 0 Å². The van der Waals surface area contributed by atoms with E-state index in [0.29, 0.717) is 32.7 Å². The molecule has 0 aliphatic heterocycles. The van der Waals surface area contributed by atoms with Crippen molar-refractivity contribution < 1.29 is 10.2 Å². The Morgan fingerprint density at radius 1 is 0.618 bits per heavy atom. The Hall–Kier alpha value is -3.55. The maximum absolute atomic E-state index is 10.0. The molecular weight excluding hydrogens is 516 g/mol. The summed E-state index contributed by atoms with van der Waals surface area (Å²) >= 11 is 9.58. The van der Waals surface area contributed by atoms with Crippen LogP contribution in [-0.4, -0.2) is 30.1 Å². The van der Waals surface area contributed by atoms with Gasteiger partial charge in [-0.2, -0.15) is 0 Å². The zero-order valence-electron chi connectivity index (χ0n) is 18.2. The molecule has 2 N–H and O–H groups in total. The number of aryl methyl sites for hydroxylation is 2. The summed E-state index contributed by atoms with van der Waals surface area (Å²) in [6.07, 6.45) is 0. The zero-order valence-corrected chi connectivity index (χ0v) is 20.6. The summed E-state index contributed by atoms with van der Waals surface area (Å²) in [5.41, 5.74) is 6.82. The Labute approximate surface area is 208 Å². The standard InChI is InChI=1S/C13H9BrN2O.C13H9ClN2O/c2*1-7-6-8(14)11-12(13(7)17)16-10-5-3-2-4-9(10)15-11/h2*2-6,17H,1H3. The van der Waals surface area contributed by atoms with Crippen LogP contribution in [0.2, 0.25) is 5.02 Å². The van der Waals surface area contributed by atoms with Gasteiger partial charge in [-0.1, -0.05) is 35.9 Å². The van der Waals surface area contributed by atoms with Gasteiger partial charge in [0.1, 0.15) is 33.6 Å². The number of aromatic hydroxyl groups is 2. The topological polar surface area (TPSA) is 92.0 Å². The number of phenolic OH excluding ortho intramolecular Hbond substituents is 2. The number of halogens is 2. The lowest BCUT2D eigenvalue weighted by atomic mass is 10.1. The highest BCUT2D eigenvalue weighted by Crippen LogP contribution is 2.34. The predicted octanol–water partition coefficient (Wildman–Crippen LogP) is 7.01. The molecule has 34 heavy (non-hydrogen) atoms. The van der Waals surface area contributed by atoms with E-state index in [4.69, 9.17) is 11.6 Å². The minimum absolute atomic E-state index is 0.141. The summed E-state index contributed by atoms with van der Waals surface area (Å²) in [6.45, 7) is 3.63. The molecule has 8 heteroatoms. The van der Waals surface area contributed by atoms with E-state index in [0.717, 1.165) is 32.1 Å². The van der Waals surface area contributed by atoms with Crippen LogP contribution in [0.15, 0.2) is 65.1 Å². The fourth-order valence-corrected chi connectivity index (χ4v) is 4.61. The first kappa shape index (κ1) is 22.3. The van der Waals surface area contributed by atoms with Crippen LogP contribution >= 0.6 is 27.5 Å². The maximum atomic E-state index is 10.0. The summed E-state index contributed by atoms with van der Waals surface area (Å²) in [5, 5.41) is 20.5. The van der Waals surface area contributed by atoms with Crippen molar-refractivity contribution in [2.75, 3.05) is 0 Å². The number of hydrogen-bond acceptors (Lipinski definition) is 6. The number of fused-ring (bicyclic) bond motifs is 4. The van der Waals surface area contributed by atoms with Gasteiger partial charge < -0.3 is 10.2 Å². The lowest BCUT2D eigenvalue weighted by Crippen LogP contribution is -1.90. The van der Waals surface area contributed by atoms with Crippen molar-refractivity contribution >= 4 is 71.7 Å². The number of benzene rings is 4. The summed E-state index contributed by atoms with van der Waals surface area (Å²) in [7, 11) is 0. The number of para-hydroxylation sites is 4. The quantitative estimate of drug-likeness (QED) is 0.204. The van der Waals surface area contributed by atoms with Crippen molar-refractivity contribution in [2.24, 2.45) is 0 Å². The van der Waals surface area contributed by atoms with Crippen molar-refractivity contribution in [2.45, 2.75) is 13.8 Å². The normalized spacial score (nSPS) is 11.2. The van der Waals surface area contributed by atoms with Crippen molar-refractivity contribution in [3.8, 4) is 11.5 Å². The third-order valence-electron chi connectivity index (χ3n) is 5.48. The van der Waals surface area contributed by atoms with Gasteiger partial charge in [-0.15, -0.1) is 0 Å². The molecule has 4 aromatic carbocycles. The Bertz CT molecular complexity index is 1610. The fourth-order valence-electron chi connectivity index (χ4n) is 3.69. The average molecular weight is 534 g/mol. The largest absolute Gasteiger partial charge is 0.505 e.